The zero-order valence-electron chi connectivity index (χ0n) is 13.7. The Morgan fingerprint density at radius 3 is 1.87 bits per heavy atom. The van der Waals surface area contributed by atoms with Gasteiger partial charge < -0.3 is 4.90 Å². The van der Waals surface area contributed by atoms with Crippen molar-refractivity contribution in [2.24, 2.45) is 5.92 Å². The largest absolute Gasteiger partial charge is 0.303 e. The van der Waals surface area contributed by atoms with Gasteiger partial charge in [0.1, 0.15) is 0 Å². The SMILES string of the molecule is ClCCCN1CCC(C(c2ccccc2)c2ccccc2)CC1. The van der Waals surface area contributed by atoms with Crippen molar-refractivity contribution in [3.05, 3.63) is 71.8 Å². The van der Waals surface area contributed by atoms with Gasteiger partial charge in [-0.1, -0.05) is 60.7 Å². The Hall–Kier alpha value is -1.31. The van der Waals surface area contributed by atoms with E-state index in [1.165, 1.54) is 37.1 Å². The zero-order chi connectivity index (χ0) is 15.9. The second-order valence-corrected chi connectivity index (χ2v) is 6.90. The summed E-state index contributed by atoms with van der Waals surface area (Å²) in [5, 5.41) is 0. The molecule has 0 amide bonds. The maximum absolute atomic E-state index is 5.83. The number of halogens is 1. The fraction of sp³-hybridized carbons (Fsp3) is 0.429. The van der Waals surface area contributed by atoms with Crippen LogP contribution < -0.4 is 0 Å². The van der Waals surface area contributed by atoms with Crippen molar-refractivity contribution in [3.63, 3.8) is 0 Å². The fourth-order valence-electron chi connectivity index (χ4n) is 3.85. The molecule has 0 radical (unpaired) electrons. The number of benzene rings is 2. The van der Waals surface area contributed by atoms with Crippen LogP contribution in [0.3, 0.4) is 0 Å². The molecular weight excluding hydrogens is 302 g/mol. The minimum absolute atomic E-state index is 0.521. The Labute approximate surface area is 145 Å². The molecule has 2 aromatic rings. The lowest BCUT2D eigenvalue weighted by atomic mass is 9.76. The molecule has 1 saturated heterocycles. The molecule has 2 heteroatoms. The Balaban J connectivity index is 1.75. The molecule has 1 fully saturated rings. The van der Waals surface area contributed by atoms with Crippen molar-refractivity contribution < 1.29 is 0 Å². The van der Waals surface area contributed by atoms with E-state index in [-0.39, 0.29) is 0 Å². The molecule has 0 spiro atoms. The summed E-state index contributed by atoms with van der Waals surface area (Å²) in [5.74, 6) is 2.02. The molecule has 2 aromatic carbocycles. The van der Waals surface area contributed by atoms with Crippen molar-refractivity contribution in [2.75, 3.05) is 25.5 Å². The van der Waals surface area contributed by atoms with Crippen molar-refractivity contribution in [1.29, 1.82) is 0 Å². The smallest absolute Gasteiger partial charge is 0.0235 e. The van der Waals surface area contributed by atoms with Gasteiger partial charge in [0.15, 0.2) is 0 Å². The highest BCUT2D eigenvalue weighted by Gasteiger charge is 2.28. The average Bonchev–Trinajstić information content (AvgIpc) is 2.63. The van der Waals surface area contributed by atoms with E-state index in [4.69, 9.17) is 11.6 Å². The van der Waals surface area contributed by atoms with E-state index < -0.39 is 0 Å². The summed E-state index contributed by atoms with van der Waals surface area (Å²) in [6.07, 6.45) is 3.65. The predicted molar refractivity (Wildman–Crippen MR) is 99.2 cm³/mol. The van der Waals surface area contributed by atoms with Crippen LogP contribution in [0.2, 0.25) is 0 Å². The number of hydrogen-bond acceptors (Lipinski definition) is 1. The number of hydrogen-bond donors (Lipinski definition) is 0. The minimum atomic E-state index is 0.521. The number of likely N-dealkylation sites (tertiary alicyclic amines) is 1. The van der Waals surface area contributed by atoms with Crippen LogP contribution in [0.5, 0.6) is 0 Å². The maximum Gasteiger partial charge on any atom is 0.0235 e. The predicted octanol–water partition coefficient (Wildman–Crippen LogP) is 5.16. The van der Waals surface area contributed by atoms with Crippen molar-refractivity contribution in [3.8, 4) is 0 Å². The molecule has 122 valence electrons. The summed E-state index contributed by atoms with van der Waals surface area (Å²) in [6, 6.07) is 22.0. The van der Waals surface area contributed by atoms with E-state index >= 15 is 0 Å². The third-order valence-electron chi connectivity index (χ3n) is 5.03. The molecule has 23 heavy (non-hydrogen) atoms. The first-order valence-corrected chi connectivity index (χ1v) is 9.30. The van der Waals surface area contributed by atoms with Crippen LogP contribution in [0.4, 0.5) is 0 Å². The summed E-state index contributed by atoms with van der Waals surface area (Å²) < 4.78 is 0. The van der Waals surface area contributed by atoms with E-state index in [9.17, 15) is 0 Å². The fourth-order valence-corrected chi connectivity index (χ4v) is 3.97. The molecule has 3 rings (SSSR count). The Morgan fingerprint density at radius 1 is 0.870 bits per heavy atom. The minimum Gasteiger partial charge on any atom is -0.303 e. The van der Waals surface area contributed by atoms with Gasteiger partial charge in [0.25, 0.3) is 0 Å². The van der Waals surface area contributed by atoms with Gasteiger partial charge in [0, 0.05) is 11.8 Å². The molecule has 1 aliphatic heterocycles. The topological polar surface area (TPSA) is 3.24 Å². The van der Waals surface area contributed by atoms with Crippen LogP contribution in [0.1, 0.15) is 36.3 Å². The van der Waals surface area contributed by atoms with E-state index in [1.807, 2.05) is 0 Å². The second kappa shape index (κ2) is 8.52. The summed E-state index contributed by atoms with van der Waals surface area (Å²) in [7, 11) is 0. The molecule has 1 heterocycles. The summed E-state index contributed by atoms with van der Waals surface area (Å²) >= 11 is 5.83. The first-order chi connectivity index (χ1) is 11.4. The molecule has 0 aliphatic carbocycles. The lowest BCUT2D eigenvalue weighted by Gasteiger charge is -2.36. The molecule has 0 bridgehead atoms. The van der Waals surface area contributed by atoms with Gasteiger partial charge >= 0.3 is 0 Å². The Kier molecular flexibility index (Phi) is 6.13. The maximum atomic E-state index is 5.83. The monoisotopic (exact) mass is 327 g/mol. The molecule has 0 atom stereocenters. The van der Waals surface area contributed by atoms with E-state index in [1.54, 1.807) is 0 Å². The van der Waals surface area contributed by atoms with Crippen LogP contribution in [0.15, 0.2) is 60.7 Å². The van der Waals surface area contributed by atoms with Crippen LogP contribution in [-0.2, 0) is 0 Å². The second-order valence-electron chi connectivity index (χ2n) is 6.52. The van der Waals surface area contributed by atoms with Crippen molar-refractivity contribution in [1.82, 2.24) is 4.90 Å². The van der Waals surface area contributed by atoms with E-state index in [2.05, 4.69) is 65.6 Å². The first-order valence-electron chi connectivity index (χ1n) is 8.76. The van der Waals surface area contributed by atoms with Crippen molar-refractivity contribution >= 4 is 11.6 Å². The Morgan fingerprint density at radius 2 is 1.39 bits per heavy atom. The third-order valence-corrected chi connectivity index (χ3v) is 5.30. The molecule has 0 saturated carbocycles. The lowest BCUT2D eigenvalue weighted by molar-refractivity contribution is 0.176. The van der Waals surface area contributed by atoms with Gasteiger partial charge in [0.2, 0.25) is 0 Å². The van der Waals surface area contributed by atoms with E-state index in [0.29, 0.717) is 5.92 Å². The standard InChI is InChI=1S/C21H26ClN/c22-14-7-15-23-16-12-20(13-17-23)21(18-8-3-1-4-9-18)19-10-5-2-6-11-19/h1-6,8-11,20-21H,7,12-17H2. The van der Waals surface area contributed by atoms with E-state index in [0.717, 1.165) is 24.8 Å². The first kappa shape index (κ1) is 16.5. The van der Waals surface area contributed by atoms with Crippen LogP contribution in [0.25, 0.3) is 0 Å². The van der Waals surface area contributed by atoms with Gasteiger partial charge in [-0.05, 0) is 55.9 Å². The molecule has 1 aliphatic rings. The highest BCUT2D eigenvalue weighted by Crippen LogP contribution is 2.37. The summed E-state index contributed by atoms with van der Waals surface area (Å²) in [4.78, 5) is 2.58. The quantitative estimate of drug-likeness (QED) is 0.662. The van der Waals surface area contributed by atoms with Gasteiger partial charge in [-0.25, -0.2) is 0 Å². The normalized spacial score (nSPS) is 16.8. The number of alkyl halides is 1. The third kappa shape index (κ3) is 4.37. The number of rotatable bonds is 6. The highest BCUT2D eigenvalue weighted by molar-refractivity contribution is 6.17. The van der Waals surface area contributed by atoms with Gasteiger partial charge in [-0.2, -0.15) is 0 Å². The molecule has 1 nitrogen and oxygen atoms in total. The summed E-state index contributed by atoms with van der Waals surface area (Å²) in [5.41, 5.74) is 2.91. The molecular formula is C21H26ClN. The van der Waals surface area contributed by atoms with Gasteiger partial charge in [-0.3, -0.25) is 0 Å². The molecule has 0 aromatic heterocycles. The van der Waals surface area contributed by atoms with Gasteiger partial charge in [0.05, 0.1) is 0 Å². The molecule has 0 N–H and O–H groups in total. The van der Waals surface area contributed by atoms with Gasteiger partial charge in [-0.15, -0.1) is 11.6 Å². The van der Waals surface area contributed by atoms with Crippen molar-refractivity contribution in [2.45, 2.75) is 25.2 Å². The zero-order valence-corrected chi connectivity index (χ0v) is 14.5. The van der Waals surface area contributed by atoms with Crippen LogP contribution >= 0.6 is 11.6 Å². The highest BCUT2D eigenvalue weighted by atomic mass is 35.5. The average molecular weight is 328 g/mol. The number of piperidine rings is 1. The van der Waals surface area contributed by atoms with Crippen LogP contribution in [-0.4, -0.2) is 30.4 Å². The number of nitrogens with zero attached hydrogens (tertiary/aromatic N) is 1. The molecule has 0 unspecified atom stereocenters. The Bertz CT molecular complexity index is 521. The summed E-state index contributed by atoms with van der Waals surface area (Å²) in [6.45, 7) is 3.56. The lowest BCUT2D eigenvalue weighted by Crippen LogP contribution is -2.36. The van der Waals surface area contributed by atoms with Crippen LogP contribution in [0, 0.1) is 5.92 Å².